The molecule has 6 heteroatoms. The molecule has 0 atom stereocenters. The Morgan fingerprint density at radius 2 is 1.95 bits per heavy atom. The minimum absolute atomic E-state index is 0.509. The van der Waals surface area contributed by atoms with E-state index in [2.05, 4.69) is 44.2 Å². The molecule has 0 saturated carbocycles. The van der Waals surface area contributed by atoms with Gasteiger partial charge in [-0.3, -0.25) is 0 Å². The van der Waals surface area contributed by atoms with Gasteiger partial charge in [-0.1, -0.05) is 28.1 Å². The maximum Gasteiger partial charge on any atom is 0.209 e. The minimum atomic E-state index is -3.19. The number of rotatable bonds is 6. The molecule has 1 aromatic rings. The van der Waals surface area contributed by atoms with E-state index in [0.29, 0.717) is 13.1 Å². The highest BCUT2D eigenvalue weighted by Gasteiger charge is 2.21. The third kappa shape index (κ3) is 6.51. The molecule has 0 aliphatic rings. The average Bonchev–Trinajstić information content (AvgIpc) is 2.17. The van der Waals surface area contributed by atoms with Crippen LogP contribution in [0.1, 0.15) is 25.0 Å². The predicted molar refractivity (Wildman–Crippen MR) is 82.6 cm³/mol. The molecule has 0 aliphatic heterocycles. The van der Waals surface area contributed by atoms with Crippen molar-refractivity contribution in [2.45, 2.75) is 32.9 Å². The molecule has 0 aromatic heterocycles. The second-order valence-corrected chi connectivity index (χ2v) is 8.06. The van der Waals surface area contributed by atoms with E-state index in [4.69, 9.17) is 0 Å². The summed E-state index contributed by atoms with van der Waals surface area (Å²) in [6.45, 7) is 6.99. The summed E-state index contributed by atoms with van der Waals surface area (Å²) in [5.74, 6) is 0. The van der Waals surface area contributed by atoms with Crippen LogP contribution in [0.2, 0.25) is 0 Å². The summed E-state index contributed by atoms with van der Waals surface area (Å²) in [6.07, 6.45) is 1.17. The number of benzene rings is 1. The van der Waals surface area contributed by atoms with Crippen molar-refractivity contribution >= 4 is 26.0 Å². The van der Waals surface area contributed by atoms with Crippen LogP contribution in [0.3, 0.4) is 0 Å². The van der Waals surface area contributed by atoms with Crippen molar-refractivity contribution in [1.29, 1.82) is 0 Å². The predicted octanol–water partition coefficient (Wildman–Crippen LogP) is 2.17. The fourth-order valence-electron chi connectivity index (χ4n) is 1.84. The molecule has 1 rings (SSSR count). The molecule has 0 heterocycles. The molecule has 2 N–H and O–H groups in total. The normalized spacial score (nSPS) is 12.7. The second-order valence-electron chi connectivity index (χ2n) is 5.46. The van der Waals surface area contributed by atoms with Gasteiger partial charge in [0.05, 0.1) is 6.26 Å². The summed E-state index contributed by atoms with van der Waals surface area (Å²) < 4.78 is 26.1. The van der Waals surface area contributed by atoms with Crippen molar-refractivity contribution < 1.29 is 8.42 Å². The van der Waals surface area contributed by atoms with Gasteiger partial charge in [0.15, 0.2) is 0 Å². The van der Waals surface area contributed by atoms with E-state index in [1.807, 2.05) is 20.8 Å². The van der Waals surface area contributed by atoms with Crippen LogP contribution in [-0.2, 0) is 16.6 Å². The molecule has 0 unspecified atom stereocenters. The zero-order valence-corrected chi connectivity index (χ0v) is 14.2. The molecule has 0 aliphatic carbocycles. The summed E-state index contributed by atoms with van der Waals surface area (Å²) in [5.41, 5.74) is 1.85. The molecule has 108 valence electrons. The summed E-state index contributed by atoms with van der Waals surface area (Å²) in [7, 11) is -3.19. The third-order valence-electron chi connectivity index (χ3n) is 2.55. The fourth-order valence-corrected chi connectivity index (χ4v) is 3.55. The Morgan fingerprint density at radius 3 is 2.47 bits per heavy atom. The highest BCUT2D eigenvalue weighted by molar-refractivity contribution is 9.10. The van der Waals surface area contributed by atoms with E-state index < -0.39 is 15.6 Å². The van der Waals surface area contributed by atoms with Crippen LogP contribution in [-0.4, -0.2) is 26.8 Å². The molecule has 19 heavy (non-hydrogen) atoms. The van der Waals surface area contributed by atoms with Crippen LogP contribution >= 0.6 is 15.9 Å². The molecule has 4 nitrogen and oxygen atoms in total. The minimum Gasteiger partial charge on any atom is -0.311 e. The highest BCUT2D eigenvalue weighted by atomic mass is 79.9. The van der Waals surface area contributed by atoms with Crippen LogP contribution in [0.15, 0.2) is 22.7 Å². The van der Waals surface area contributed by atoms with Crippen molar-refractivity contribution in [2.24, 2.45) is 0 Å². The van der Waals surface area contributed by atoms with Gasteiger partial charge in [-0.25, -0.2) is 13.1 Å². The molecule has 0 spiro atoms. The standard InChI is InChI=1S/C13H21BrN2O2S/c1-10-5-6-11(12(14)7-10)8-15-9-13(2,3)16-19(4,17)18/h5-7,15-16H,8-9H2,1-4H3. The number of nitrogens with one attached hydrogen (secondary N) is 2. The van der Waals surface area contributed by atoms with Crippen molar-refractivity contribution in [3.05, 3.63) is 33.8 Å². The number of hydrogen-bond donors (Lipinski definition) is 2. The molecular weight excluding hydrogens is 328 g/mol. The lowest BCUT2D eigenvalue weighted by Crippen LogP contribution is -2.49. The van der Waals surface area contributed by atoms with E-state index in [9.17, 15) is 8.42 Å². The monoisotopic (exact) mass is 348 g/mol. The third-order valence-corrected chi connectivity index (χ3v) is 4.21. The maximum absolute atomic E-state index is 11.2. The van der Waals surface area contributed by atoms with Gasteiger partial charge in [0.25, 0.3) is 0 Å². The van der Waals surface area contributed by atoms with Crippen molar-refractivity contribution in [1.82, 2.24) is 10.0 Å². The first kappa shape index (κ1) is 16.6. The van der Waals surface area contributed by atoms with Gasteiger partial charge in [0.1, 0.15) is 0 Å². The van der Waals surface area contributed by atoms with E-state index in [0.717, 1.165) is 10.0 Å². The van der Waals surface area contributed by atoms with Crippen LogP contribution in [0.4, 0.5) is 0 Å². The van der Waals surface area contributed by atoms with Gasteiger partial charge >= 0.3 is 0 Å². The number of hydrogen-bond acceptors (Lipinski definition) is 3. The topological polar surface area (TPSA) is 58.2 Å². The number of halogens is 1. The molecule has 0 amide bonds. The lowest BCUT2D eigenvalue weighted by molar-refractivity contribution is 0.421. The Balaban J connectivity index is 2.54. The van der Waals surface area contributed by atoms with Crippen molar-refractivity contribution in [3.8, 4) is 0 Å². The van der Waals surface area contributed by atoms with Gasteiger partial charge < -0.3 is 5.32 Å². The zero-order chi connectivity index (χ0) is 14.7. The first-order valence-electron chi connectivity index (χ1n) is 6.04. The number of sulfonamides is 1. The largest absolute Gasteiger partial charge is 0.311 e. The molecule has 0 saturated heterocycles. The maximum atomic E-state index is 11.2. The quantitative estimate of drug-likeness (QED) is 0.828. The van der Waals surface area contributed by atoms with E-state index in [-0.39, 0.29) is 0 Å². The highest BCUT2D eigenvalue weighted by Crippen LogP contribution is 2.18. The van der Waals surface area contributed by atoms with Crippen LogP contribution in [0, 0.1) is 6.92 Å². The lowest BCUT2D eigenvalue weighted by Gasteiger charge is -2.25. The smallest absolute Gasteiger partial charge is 0.209 e. The van der Waals surface area contributed by atoms with E-state index >= 15 is 0 Å². The van der Waals surface area contributed by atoms with Gasteiger partial charge in [-0.15, -0.1) is 0 Å². The first-order valence-corrected chi connectivity index (χ1v) is 8.72. The Bertz CT molecular complexity index is 542. The summed E-state index contributed by atoms with van der Waals surface area (Å²) in [4.78, 5) is 0. The van der Waals surface area contributed by atoms with Gasteiger partial charge in [0.2, 0.25) is 10.0 Å². The lowest BCUT2D eigenvalue weighted by atomic mass is 10.1. The SMILES string of the molecule is Cc1ccc(CNCC(C)(C)NS(C)(=O)=O)c(Br)c1. The molecule has 0 bridgehead atoms. The Labute approximate surface area is 124 Å². The summed E-state index contributed by atoms with van der Waals surface area (Å²) >= 11 is 3.53. The Morgan fingerprint density at radius 1 is 1.32 bits per heavy atom. The average molecular weight is 349 g/mol. The van der Waals surface area contributed by atoms with Crippen molar-refractivity contribution in [2.75, 3.05) is 12.8 Å². The zero-order valence-electron chi connectivity index (χ0n) is 11.7. The molecular formula is C13H21BrN2O2S. The van der Waals surface area contributed by atoms with Crippen LogP contribution in [0.25, 0.3) is 0 Å². The van der Waals surface area contributed by atoms with E-state index in [1.54, 1.807) is 0 Å². The fraction of sp³-hybridized carbons (Fsp3) is 0.538. The molecule has 1 aromatic carbocycles. The van der Waals surface area contributed by atoms with Gasteiger partial charge in [-0.2, -0.15) is 0 Å². The Kier molecular flexibility index (Phi) is 5.55. The summed E-state index contributed by atoms with van der Waals surface area (Å²) in [5, 5.41) is 3.27. The van der Waals surface area contributed by atoms with Crippen molar-refractivity contribution in [3.63, 3.8) is 0 Å². The molecule has 0 radical (unpaired) electrons. The summed E-state index contributed by atoms with van der Waals surface area (Å²) in [6, 6.07) is 6.18. The van der Waals surface area contributed by atoms with Gasteiger partial charge in [-0.05, 0) is 38.0 Å². The molecule has 0 fully saturated rings. The van der Waals surface area contributed by atoms with E-state index in [1.165, 1.54) is 11.8 Å². The number of aryl methyl sites for hydroxylation is 1. The van der Waals surface area contributed by atoms with Crippen LogP contribution in [0.5, 0.6) is 0 Å². The van der Waals surface area contributed by atoms with Crippen LogP contribution < -0.4 is 10.0 Å². The second kappa shape index (κ2) is 6.35. The van der Waals surface area contributed by atoms with Gasteiger partial charge in [0, 0.05) is 23.1 Å². The Hall–Kier alpha value is -0.430. The first-order chi connectivity index (χ1) is 8.59.